The van der Waals surface area contributed by atoms with Crippen molar-refractivity contribution in [1.29, 1.82) is 0 Å². The van der Waals surface area contributed by atoms with E-state index in [1.807, 2.05) is 12.1 Å². The SMILES string of the molecule is Cl.O=C(Nc1cccnc1)c1cc(-c2cccc(Cl)c2)ncn1. The van der Waals surface area contributed by atoms with Gasteiger partial charge in [-0.3, -0.25) is 9.78 Å². The topological polar surface area (TPSA) is 67.8 Å². The van der Waals surface area contributed by atoms with Crippen molar-refractivity contribution in [1.82, 2.24) is 15.0 Å². The third-order valence-electron chi connectivity index (χ3n) is 2.94. The maximum atomic E-state index is 12.2. The number of nitrogens with one attached hydrogen (secondary N) is 1. The summed E-state index contributed by atoms with van der Waals surface area (Å²) in [7, 11) is 0. The number of pyridine rings is 1. The number of halogens is 2. The van der Waals surface area contributed by atoms with Gasteiger partial charge >= 0.3 is 0 Å². The second kappa shape index (κ2) is 7.67. The smallest absolute Gasteiger partial charge is 0.274 e. The molecule has 0 aliphatic rings. The Morgan fingerprint density at radius 1 is 1.09 bits per heavy atom. The second-order valence-corrected chi connectivity index (χ2v) is 4.93. The van der Waals surface area contributed by atoms with Gasteiger partial charge in [-0.05, 0) is 30.3 Å². The Labute approximate surface area is 144 Å². The summed E-state index contributed by atoms with van der Waals surface area (Å²) >= 11 is 5.97. The number of benzene rings is 1. The Balaban J connectivity index is 0.00000192. The van der Waals surface area contributed by atoms with Crippen LogP contribution in [0, 0.1) is 0 Å². The number of rotatable bonds is 3. The molecule has 3 aromatic rings. The van der Waals surface area contributed by atoms with E-state index in [9.17, 15) is 4.79 Å². The summed E-state index contributed by atoms with van der Waals surface area (Å²) in [6, 6.07) is 12.4. The largest absolute Gasteiger partial charge is 0.319 e. The van der Waals surface area contributed by atoms with E-state index in [4.69, 9.17) is 11.6 Å². The van der Waals surface area contributed by atoms with Gasteiger partial charge in [0.2, 0.25) is 0 Å². The van der Waals surface area contributed by atoms with Gasteiger partial charge in [-0.1, -0.05) is 23.7 Å². The standard InChI is InChI=1S/C16H11ClN4O.ClH/c17-12-4-1-3-11(7-12)14-8-15(20-10-19-14)16(22)21-13-5-2-6-18-9-13;/h1-10H,(H,21,22);1H. The summed E-state index contributed by atoms with van der Waals surface area (Å²) in [6.45, 7) is 0. The first-order valence-corrected chi connectivity index (χ1v) is 6.89. The molecule has 2 aromatic heterocycles. The van der Waals surface area contributed by atoms with Gasteiger partial charge in [0.1, 0.15) is 12.0 Å². The van der Waals surface area contributed by atoms with Gasteiger partial charge in [0, 0.05) is 16.8 Å². The van der Waals surface area contributed by atoms with Crippen molar-refractivity contribution < 1.29 is 4.79 Å². The lowest BCUT2D eigenvalue weighted by molar-refractivity contribution is 0.102. The number of aromatic nitrogens is 3. The van der Waals surface area contributed by atoms with Gasteiger partial charge in [0.25, 0.3) is 5.91 Å². The zero-order valence-electron chi connectivity index (χ0n) is 11.8. The molecule has 5 nitrogen and oxygen atoms in total. The molecule has 0 unspecified atom stereocenters. The summed E-state index contributed by atoms with van der Waals surface area (Å²) < 4.78 is 0. The average molecular weight is 347 g/mol. The van der Waals surface area contributed by atoms with Crippen LogP contribution in [0.4, 0.5) is 5.69 Å². The summed E-state index contributed by atoms with van der Waals surface area (Å²) in [5, 5.41) is 3.34. The molecule has 0 spiro atoms. The van der Waals surface area contributed by atoms with Gasteiger partial charge in [0.05, 0.1) is 17.6 Å². The summed E-state index contributed by atoms with van der Waals surface area (Å²) in [5.74, 6) is -0.321. The molecule has 116 valence electrons. The molecule has 0 aliphatic heterocycles. The van der Waals surface area contributed by atoms with Crippen molar-refractivity contribution in [2.75, 3.05) is 5.32 Å². The minimum absolute atomic E-state index is 0. The van der Waals surface area contributed by atoms with Crippen molar-refractivity contribution in [2.24, 2.45) is 0 Å². The van der Waals surface area contributed by atoms with E-state index in [0.717, 1.165) is 5.56 Å². The lowest BCUT2D eigenvalue weighted by atomic mass is 10.1. The number of hydrogen-bond donors (Lipinski definition) is 1. The van der Waals surface area contributed by atoms with Crippen LogP contribution in [0.25, 0.3) is 11.3 Å². The van der Waals surface area contributed by atoms with Crippen LogP contribution in [0.3, 0.4) is 0 Å². The van der Waals surface area contributed by atoms with Crippen LogP contribution in [0.1, 0.15) is 10.5 Å². The van der Waals surface area contributed by atoms with Crippen LogP contribution >= 0.6 is 24.0 Å². The molecule has 0 aliphatic carbocycles. The number of anilines is 1. The normalized spacial score (nSPS) is 9.78. The van der Waals surface area contributed by atoms with Crippen LogP contribution in [0.15, 0.2) is 61.2 Å². The number of hydrogen-bond acceptors (Lipinski definition) is 4. The molecule has 3 rings (SSSR count). The maximum absolute atomic E-state index is 12.2. The molecule has 0 atom stereocenters. The quantitative estimate of drug-likeness (QED) is 0.781. The van der Waals surface area contributed by atoms with Crippen LogP contribution in [0.2, 0.25) is 5.02 Å². The maximum Gasteiger partial charge on any atom is 0.274 e. The lowest BCUT2D eigenvalue weighted by Gasteiger charge is -2.06. The van der Waals surface area contributed by atoms with Crippen molar-refractivity contribution >= 4 is 35.6 Å². The number of amides is 1. The fraction of sp³-hybridized carbons (Fsp3) is 0. The van der Waals surface area contributed by atoms with Gasteiger partial charge in [-0.2, -0.15) is 0 Å². The summed E-state index contributed by atoms with van der Waals surface area (Å²) in [6.07, 6.45) is 4.56. The molecule has 1 N–H and O–H groups in total. The first-order valence-electron chi connectivity index (χ1n) is 6.52. The third kappa shape index (κ3) is 4.25. The van der Waals surface area contributed by atoms with Crippen LogP contribution in [-0.4, -0.2) is 20.9 Å². The molecule has 0 saturated carbocycles. The minimum Gasteiger partial charge on any atom is -0.319 e. The Kier molecular flexibility index (Phi) is 5.62. The fourth-order valence-corrected chi connectivity index (χ4v) is 2.11. The number of carbonyl (C=O) groups excluding carboxylic acids is 1. The van der Waals surface area contributed by atoms with Crippen LogP contribution in [-0.2, 0) is 0 Å². The fourth-order valence-electron chi connectivity index (χ4n) is 1.92. The Morgan fingerprint density at radius 2 is 1.96 bits per heavy atom. The van der Waals surface area contributed by atoms with Gasteiger partial charge in [-0.15, -0.1) is 12.4 Å². The van der Waals surface area contributed by atoms with E-state index in [-0.39, 0.29) is 24.0 Å². The van der Waals surface area contributed by atoms with E-state index >= 15 is 0 Å². The van der Waals surface area contributed by atoms with E-state index in [2.05, 4.69) is 20.3 Å². The van der Waals surface area contributed by atoms with Crippen molar-refractivity contribution in [2.45, 2.75) is 0 Å². The monoisotopic (exact) mass is 346 g/mol. The van der Waals surface area contributed by atoms with Gasteiger partial charge in [-0.25, -0.2) is 9.97 Å². The van der Waals surface area contributed by atoms with E-state index in [0.29, 0.717) is 16.4 Å². The molecule has 1 aromatic carbocycles. The zero-order chi connectivity index (χ0) is 15.4. The highest BCUT2D eigenvalue weighted by molar-refractivity contribution is 6.30. The molecule has 7 heteroatoms. The molecular formula is C16H12Cl2N4O. The van der Waals surface area contributed by atoms with Gasteiger partial charge < -0.3 is 5.32 Å². The van der Waals surface area contributed by atoms with Crippen LogP contribution < -0.4 is 5.32 Å². The number of carbonyl (C=O) groups is 1. The highest BCUT2D eigenvalue weighted by Gasteiger charge is 2.10. The van der Waals surface area contributed by atoms with E-state index < -0.39 is 0 Å². The van der Waals surface area contributed by atoms with Crippen molar-refractivity contribution in [3.63, 3.8) is 0 Å². The predicted molar refractivity (Wildman–Crippen MR) is 91.9 cm³/mol. The van der Waals surface area contributed by atoms with Gasteiger partial charge in [0.15, 0.2) is 0 Å². The Morgan fingerprint density at radius 3 is 2.70 bits per heavy atom. The molecule has 0 bridgehead atoms. The van der Waals surface area contributed by atoms with Crippen molar-refractivity contribution in [3.05, 3.63) is 71.9 Å². The summed E-state index contributed by atoms with van der Waals surface area (Å²) in [4.78, 5) is 24.3. The Bertz CT molecular complexity index is 812. The predicted octanol–water partition coefficient (Wildman–Crippen LogP) is 3.87. The molecule has 0 saturated heterocycles. The molecule has 1 amide bonds. The highest BCUT2D eigenvalue weighted by atomic mass is 35.5. The average Bonchev–Trinajstić information content (AvgIpc) is 2.56. The molecule has 2 heterocycles. The van der Waals surface area contributed by atoms with E-state index in [1.165, 1.54) is 6.33 Å². The van der Waals surface area contributed by atoms with Crippen LogP contribution in [0.5, 0.6) is 0 Å². The Hall–Kier alpha value is -2.50. The summed E-state index contributed by atoms with van der Waals surface area (Å²) in [5.41, 5.74) is 2.34. The molecule has 0 radical (unpaired) electrons. The first kappa shape index (κ1) is 16.9. The first-order chi connectivity index (χ1) is 10.7. The lowest BCUT2D eigenvalue weighted by Crippen LogP contribution is -2.14. The molecular weight excluding hydrogens is 335 g/mol. The minimum atomic E-state index is -0.321. The second-order valence-electron chi connectivity index (χ2n) is 4.49. The third-order valence-corrected chi connectivity index (χ3v) is 3.17. The highest BCUT2D eigenvalue weighted by Crippen LogP contribution is 2.21. The van der Waals surface area contributed by atoms with E-state index in [1.54, 1.807) is 42.7 Å². The number of nitrogens with zero attached hydrogens (tertiary/aromatic N) is 3. The molecule has 0 fully saturated rings. The van der Waals surface area contributed by atoms with Crippen molar-refractivity contribution in [3.8, 4) is 11.3 Å². The molecule has 23 heavy (non-hydrogen) atoms. The zero-order valence-corrected chi connectivity index (χ0v) is 13.4.